The van der Waals surface area contributed by atoms with Crippen LogP contribution in [0.4, 0.5) is 0 Å². The van der Waals surface area contributed by atoms with Gasteiger partial charge in [0.15, 0.2) is 0 Å². The third-order valence-electron chi connectivity index (χ3n) is 4.38. The Hall–Kier alpha value is -2.04. The van der Waals surface area contributed by atoms with Gasteiger partial charge in [0.25, 0.3) is 0 Å². The number of rotatable bonds is 5. The van der Waals surface area contributed by atoms with E-state index in [0.29, 0.717) is 13.1 Å². The molecule has 1 amide bonds. The fourth-order valence-electron chi connectivity index (χ4n) is 3.46. The molecule has 1 aromatic heterocycles. The lowest BCUT2D eigenvalue weighted by atomic mass is 9.82. The maximum absolute atomic E-state index is 12.3. The van der Waals surface area contributed by atoms with Crippen LogP contribution in [0.15, 0.2) is 36.7 Å². The molecular weight excluding hydrogens is 256 g/mol. The van der Waals surface area contributed by atoms with Crippen LogP contribution < -0.4 is 5.32 Å². The Morgan fingerprint density at radius 1 is 1.15 bits per heavy atom. The summed E-state index contributed by atoms with van der Waals surface area (Å²) in [5.74, 6) is -1.83. The van der Waals surface area contributed by atoms with Gasteiger partial charge in [-0.2, -0.15) is 0 Å². The van der Waals surface area contributed by atoms with Gasteiger partial charge in [0.05, 0.1) is 11.8 Å². The van der Waals surface area contributed by atoms with Crippen molar-refractivity contribution in [3.8, 4) is 0 Å². The van der Waals surface area contributed by atoms with E-state index in [1.165, 1.54) is 0 Å². The number of allylic oxidation sites excluding steroid dienone is 2. The van der Waals surface area contributed by atoms with Gasteiger partial charge >= 0.3 is 5.97 Å². The average Bonchev–Trinajstić information content (AvgIpc) is 3.13. The molecule has 106 valence electrons. The molecular formula is C15H18N2O3. The Kier molecular flexibility index (Phi) is 3.34. The van der Waals surface area contributed by atoms with Crippen molar-refractivity contribution in [1.82, 2.24) is 9.88 Å². The summed E-state index contributed by atoms with van der Waals surface area (Å²) in [7, 11) is 0. The van der Waals surface area contributed by atoms with E-state index in [2.05, 4.69) is 5.32 Å². The molecule has 2 bridgehead atoms. The number of carboxylic acids is 1. The molecule has 2 unspecified atom stereocenters. The molecule has 20 heavy (non-hydrogen) atoms. The third kappa shape index (κ3) is 2.24. The van der Waals surface area contributed by atoms with Crippen LogP contribution in [0.1, 0.15) is 6.42 Å². The van der Waals surface area contributed by atoms with E-state index < -0.39 is 17.8 Å². The highest BCUT2D eigenvalue weighted by Crippen LogP contribution is 2.48. The van der Waals surface area contributed by atoms with Crippen molar-refractivity contribution in [3.63, 3.8) is 0 Å². The first-order valence-electron chi connectivity index (χ1n) is 6.96. The molecule has 3 rings (SSSR count). The highest BCUT2D eigenvalue weighted by molar-refractivity contribution is 5.86. The lowest BCUT2D eigenvalue weighted by molar-refractivity contribution is -0.147. The summed E-state index contributed by atoms with van der Waals surface area (Å²) in [6.45, 7) is 1.23. The number of hydrogen-bond acceptors (Lipinski definition) is 2. The second-order valence-electron chi connectivity index (χ2n) is 5.55. The fourth-order valence-corrected chi connectivity index (χ4v) is 3.46. The minimum atomic E-state index is -0.854. The summed E-state index contributed by atoms with van der Waals surface area (Å²) >= 11 is 0. The van der Waals surface area contributed by atoms with E-state index in [1.807, 2.05) is 41.2 Å². The molecule has 1 fully saturated rings. The number of fused-ring (bicyclic) bond motifs is 2. The maximum atomic E-state index is 12.3. The molecule has 1 aromatic rings. The molecule has 1 heterocycles. The minimum absolute atomic E-state index is 0.0256. The monoisotopic (exact) mass is 274 g/mol. The van der Waals surface area contributed by atoms with Gasteiger partial charge in [0.1, 0.15) is 0 Å². The van der Waals surface area contributed by atoms with E-state index in [0.717, 1.165) is 6.42 Å². The molecule has 2 aliphatic rings. The molecule has 5 heteroatoms. The lowest BCUT2D eigenvalue weighted by Gasteiger charge is -2.23. The first-order valence-corrected chi connectivity index (χ1v) is 6.96. The Balaban J connectivity index is 1.59. The van der Waals surface area contributed by atoms with Crippen LogP contribution in [-0.4, -0.2) is 28.1 Å². The van der Waals surface area contributed by atoms with Crippen LogP contribution in [0.5, 0.6) is 0 Å². The summed E-state index contributed by atoms with van der Waals surface area (Å²) in [4.78, 5) is 23.6. The number of carbonyl (C=O) groups excluding carboxylic acids is 1. The van der Waals surface area contributed by atoms with E-state index >= 15 is 0 Å². The maximum Gasteiger partial charge on any atom is 0.307 e. The van der Waals surface area contributed by atoms with Gasteiger partial charge in [0, 0.05) is 25.5 Å². The SMILES string of the molecule is O=C(O)[C@@H]1C2C=CC(C2)[C@@H]1C(=O)NCCn1cccc1. The van der Waals surface area contributed by atoms with Gasteiger partial charge in [-0.1, -0.05) is 12.2 Å². The number of carbonyl (C=O) groups is 2. The van der Waals surface area contributed by atoms with Crippen LogP contribution in [0, 0.1) is 23.7 Å². The molecule has 0 aromatic carbocycles. The van der Waals surface area contributed by atoms with E-state index in [1.54, 1.807) is 0 Å². The topological polar surface area (TPSA) is 71.3 Å². The van der Waals surface area contributed by atoms with Crippen molar-refractivity contribution in [2.45, 2.75) is 13.0 Å². The molecule has 1 saturated carbocycles. The van der Waals surface area contributed by atoms with E-state index in [9.17, 15) is 14.7 Å². The number of carboxylic acid groups (broad SMARTS) is 1. The first-order chi connectivity index (χ1) is 9.66. The van der Waals surface area contributed by atoms with Gasteiger partial charge in [-0.05, 0) is 30.4 Å². The van der Waals surface area contributed by atoms with Crippen molar-refractivity contribution in [2.75, 3.05) is 6.54 Å². The van der Waals surface area contributed by atoms with Gasteiger partial charge in [-0.15, -0.1) is 0 Å². The zero-order chi connectivity index (χ0) is 14.1. The molecule has 4 atom stereocenters. The zero-order valence-corrected chi connectivity index (χ0v) is 11.1. The number of aliphatic carboxylic acids is 1. The van der Waals surface area contributed by atoms with Crippen LogP contribution in [0.2, 0.25) is 0 Å². The molecule has 0 aliphatic heterocycles. The first kappa shape index (κ1) is 13.0. The smallest absolute Gasteiger partial charge is 0.307 e. The predicted octanol–water partition coefficient (Wildman–Crippen LogP) is 1.13. The normalized spacial score (nSPS) is 30.6. The Morgan fingerprint density at radius 2 is 1.80 bits per heavy atom. The van der Waals surface area contributed by atoms with Crippen molar-refractivity contribution < 1.29 is 14.7 Å². The van der Waals surface area contributed by atoms with Crippen molar-refractivity contribution >= 4 is 11.9 Å². The summed E-state index contributed by atoms with van der Waals surface area (Å²) < 4.78 is 1.98. The summed E-state index contributed by atoms with van der Waals surface area (Å²) in [5.41, 5.74) is 0. The zero-order valence-electron chi connectivity index (χ0n) is 11.1. The highest BCUT2D eigenvalue weighted by Gasteiger charge is 2.51. The number of hydrogen-bond donors (Lipinski definition) is 2. The van der Waals surface area contributed by atoms with Gasteiger partial charge in [0.2, 0.25) is 5.91 Å². The number of aromatic nitrogens is 1. The number of nitrogens with one attached hydrogen (secondary N) is 1. The van der Waals surface area contributed by atoms with Crippen molar-refractivity contribution in [1.29, 1.82) is 0 Å². The number of nitrogens with zero attached hydrogens (tertiary/aromatic N) is 1. The molecule has 0 radical (unpaired) electrons. The van der Waals surface area contributed by atoms with Crippen molar-refractivity contribution in [3.05, 3.63) is 36.7 Å². The van der Waals surface area contributed by atoms with Crippen LogP contribution >= 0.6 is 0 Å². The Bertz CT molecular complexity index is 535. The summed E-state index contributed by atoms with van der Waals surface area (Å²) in [6, 6.07) is 3.87. The summed E-state index contributed by atoms with van der Waals surface area (Å²) in [6.07, 6.45) is 8.62. The van der Waals surface area contributed by atoms with Crippen LogP contribution in [0.25, 0.3) is 0 Å². The molecule has 2 N–H and O–H groups in total. The fraction of sp³-hybridized carbons (Fsp3) is 0.467. The number of amides is 1. The average molecular weight is 274 g/mol. The van der Waals surface area contributed by atoms with Crippen LogP contribution in [0.3, 0.4) is 0 Å². The van der Waals surface area contributed by atoms with Crippen LogP contribution in [-0.2, 0) is 16.1 Å². The van der Waals surface area contributed by atoms with Gasteiger partial charge in [-0.25, -0.2) is 0 Å². The quantitative estimate of drug-likeness (QED) is 0.791. The lowest BCUT2D eigenvalue weighted by Crippen LogP contribution is -2.41. The molecule has 0 spiro atoms. The third-order valence-corrected chi connectivity index (χ3v) is 4.38. The van der Waals surface area contributed by atoms with Crippen molar-refractivity contribution in [2.24, 2.45) is 23.7 Å². The standard InChI is InChI=1S/C15H18N2O3/c18-14(16-5-8-17-6-1-2-7-17)12-10-3-4-11(9-10)13(12)15(19)20/h1-4,6-7,10-13H,5,8-9H2,(H,16,18)(H,19,20)/t10?,11?,12-,13+/m0/s1. The second kappa shape index (κ2) is 5.15. The summed E-state index contributed by atoms with van der Waals surface area (Å²) in [5, 5.41) is 12.2. The largest absolute Gasteiger partial charge is 0.481 e. The van der Waals surface area contributed by atoms with E-state index in [4.69, 9.17) is 0 Å². The molecule has 2 aliphatic carbocycles. The highest BCUT2D eigenvalue weighted by atomic mass is 16.4. The predicted molar refractivity (Wildman–Crippen MR) is 72.8 cm³/mol. The van der Waals surface area contributed by atoms with E-state index in [-0.39, 0.29) is 17.7 Å². The Morgan fingerprint density at radius 3 is 2.45 bits per heavy atom. The Labute approximate surface area is 117 Å². The molecule has 0 saturated heterocycles. The molecule has 5 nitrogen and oxygen atoms in total. The van der Waals surface area contributed by atoms with Gasteiger partial charge < -0.3 is 15.0 Å². The second-order valence-corrected chi connectivity index (χ2v) is 5.55. The van der Waals surface area contributed by atoms with Gasteiger partial charge in [-0.3, -0.25) is 9.59 Å². The minimum Gasteiger partial charge on any atom is -0.481 e.